The zero-order valence-electron chi connectivity index (χ0n) is 10.9. The van der Waals surface area contributed by atoms with Gasteiger partial charge < -0.3 is 5.32 Å². The molecule has 0 amide bonds. The molecule has 0 bridgehead atoms. The van der Waals surface area contributed by atoms with Gasteiger partial charge in [0.2, 0.25) is 0 Å². The van der Waals surface area contributed by atoms with Gasteiger partial charge in [-0.05, 0) is 31.4 Å². The van der Waals surface area contributed by atoms with Crippen molar-refractivity contribution in [3.63, 3.8) is 0 Å². The van der Waals surface area contributed by atoms with Crippen molar-refractivity contribution in [2.24, 2.45) is 0 Å². The highest BCUT2D eigenvalue weighted by Crippen LogP contribution is 2.32. The Morgan fingerprint density at radius 2 is 1.74 bits per heavy atom. The third kappa shape index (κ3) is 2.30. The SMILES string of the molecule is O=S(=O)(N1CCCC1)N1CCCNc2ccccc21. The summed E-state index contributed by atoms with van der Waals surface area (Å²) in [6.45, 7) is 2.65. The third-order valence-corrected chi connectivity index (χ3v) is 5.65. The summed E-state index contributed by atoms with van der Waals surface area (Å²) >= 11 is 0. The maximum atomic E-state index is 12.7. The number of fused-ring (bicyclic) bond motifs is 1. The summed E-state index contributed by atoms with van der Waals surface area (Å²) in [4.78, 5) is 0. The average Bonchev–Trinajstić information content (AvgIpc) is 2.86. The molecule has 1 aromatic carbocycles. The summed E-state index contributed by atoms with van der Waals surface area (Å²) in [7, 11) is -3.37. The van der Waals surface area contributed by atoms with Crippen molar-refractivity contribution in [2.45, 2.75) is 19.3 Å². The zero-order chi connectivity index (χ0) is 13.3. The number of hydrogen-bond acceptors (Lipinski definition) is 3. The first-order chi connectivity index (χ1) is 9.19. The average molecular weight is 281 g/mol. The van der Waals surface area contributed by atoms with Crippen LogP contribution in [0, 0.1) is 0 Å². The molecular weight excluding hydrogens is 262 g/mol. The van der Waals surface area contributed by atoms with E-state index >= 15 is 0 Å². The largest absolute Gasteiger partial charge is 0.383 e. The van der Waals surface area contributed by atoms with E-state index < -0.39 is 10.2 Å². The fourth-order valence-corrected chi connectivity index (χ4v) is 4.47. The molecule has 1 saturated heterocycles. The first-order valence-electron chi connectivity index (χ1n) is 6.80. The van der Waals surface area contributed by atoms with Crippen LogP contribution in [0.15, 0.2) is 24.3 Å². The summed E-state index contributed by atoms with van der Waals surface area (Å²) in [6.07, 6.45) is 2.75. The van der Waals surface area contributed by atoms with E-state index in [4.69, 9.17) is 0 Å². The second-order valence-corrected chi connectivity index (χ2v) is 6.84. The molecule has 2 heterocycles. The molecule has 104 valence electrons. The predicted molar refractivity (Wildman–Crippen MR) is 76.6 cm³/mol. The minimum Gasteiger partial charge on any atom is -0.383 e. The van der Waals surface area contributed by atoms with Gasteiger partial charge in [0, 0.05) is 26.2 Å². The van der Waals surface area contributed by atoms with Gasteiger partial charge in [-0.3, -0.25) is 4.31 Å². The summed E-state index contributed by atoms with van der Waals surface area (Å²) < 4.78 is 28.6. The van der Waals surface area contributed by atoms with E-state index in [1.807, 2.05) is 24.3 Å². The Kier molecular flexibility index (Phi) is 3.36. The summed E-state index contributed by atoms with van der Waals surface area (Å²) in [5, 5.41) is 3.29. The third-order valence-electron chi connectivity index (χ3n) is 3.70. The van der Waals surface area contributed by atoms with E-state index in [1.54, 1.807) is 8.61 Å². The summed E-state index contributed by atoms with van der Waals surface area (Å²) in [5.74, 6) is 0. The van der Waals surface area contributed by atoms with E-state index in [2.05, 4.69) is 5.32 Å². The Labute approximate surface area is 114 Å². The van der Waals surface area contributed by atoms with Gasteiger partial charge in [-0.2, -0.15) is 12.7 Å². The van der Waals surface area contributed by atoms with Crippen LogP contribution in [-0.4, -0.2) is 38.9 Å². The summed E-state index contributed by atoms with van der Waals surface area (Å²) in [6, 6.07) is 7.63. The highest BCUT2D eigenvalue weighted by atomic mass is 32.2. The maximum absolute atomic E-state index is 12.7. The van der Waals surface area contributed by atoms with Crippen molar-refractivity contribution in [3.8, 4) is 0 Å². The van der Waals surface area contributed by atoms with Crippen LogP contribution in [0.5, 0.6) is 0 Å². The molecule has 0 aliphatic carbocycles. The number of benzene rings is 1. The molecule has 1 fully saturated rings. The lowest BCUT2D eigenvalue weighted by atomic mass is 10.2. The second kappa shape index (κ2) is 5.02. The maximum Gasteiger partial charge on any atom is 0.304 e. The Balaban J connectivity index is 2.00. The monoisotopic (exact) mass is 281 g/mol. The summed E-state index contributed by atoms with van der Waals surface area (Å²) in [5.41, 5.74) is 1.68. The molecular formula is C13H19N3O2S. The van der Waals surface area contributed by atoms with Gasteiger partial charge in [0.1, 0.15) is 0 Å². The molecule has 3 rings (SSSR count). The number of hydrogen-bond donors (Lipinski definition) is 1. The minimum absolute atomic E-state index is 0.544. The van der Waals surface area contributed by atoms with Crippen molar-refractivity contribution < 1.29 is 8.42 Å². The van der Waals surface area contributed by atoms with Gasteiger partial charge in [-0.1, -0.05) is 12.1 Å². The van der Waals surface area contributed by atoms with Crippen LogP contribution in [0.1, 0.15) is 19.3 Å². The number of nitrogens with zero attached hydrogens (tertiary/aromatic N) is 2. The minimum atomic E-state index is -3.37. The van der Waals surface area contributed by atoms with Crippen molar-refractivity contribution >= 4 is 21.6 Å². The molecule has 1 N–H and O–H groups in total. The normalized spacial score (nSPS) is 20.7. The van der Waals surface area contributed by atoms with Crippen LogP contribution >= 0.6 is 0 Å². The quantitative estimate of drug-likeness (QED) is 0.897. The first kappa shape index (κ1) is 12.7. The van der Waals surface area contributed by atoms with Crippen LogP contribution in [0.4, 0.5) is 11.4 Å². The molecule has 0 radical (unpaired) electrons. The lowest BCUT2D eigenvalue weighted by Gasteiger charge is -2.28. The van der Waals surface area contributed by atoms with Crippen LogP contribution in [0.3, 0.4) is 0 Å². The highest BCUT2D eigenvalue weighted by molar-refractivity contribution is 7.90. The van der Waals surface area contributed by atoms with Gasteiger partial charge in [-0.25, -0.2) is 0 Å². The molecule has 2 aliphatic rings. The zero-order valence-corrected chi connectivity index (χ0v) is 11.7. The smallest absolute Gasteiger partial charge is 0.304 e. The van der Waals surface area contributed by atoms with E-state index in [1.165, 1.54) is 0 Å². The predicted octanol–water partition coefficient (Wildman–Crippen LogP) is 1.65. The molecule has 0 spiro atoms. The molecule has 19 heavy (non-hydrogen) atoms. The number of rotatable bonds is 2. The van der Waals surface area contributed by atoms with E-state index in [-0.39, 0.29) is 0 Å². The molecule has 0 atom stereocenters. The molecule has 0 saturated carbocycles. The number of anilines is 2. The van der Waals surface area contributed by atoms with Crippen LogP contribution in [0.2, 0.25) is 0 Å². The molecule has 2 aliphatic heterocycles. The van der Waals surface area contributed by atoms with Crippen LogP contribution in [0.25, 0.3) is 0 Å². The molecule has 1 aromatic rings. The molecule has 6 heteroatoms. The van der Waals surface area contributed by atoms with E-state index in [0.717, 1.165) is 37.2 Å². The van der Waals surface area contributed by atoms with Crippen molar-refractivity contribution in [2.75, 3.05) is 35.8 Å². The lowest BCUT2D eigenvalue weighted by molar-refractivity contribution is 0.473. The van der Waals surface area contributed by atoms with Gasteiger partial charge in [0.15, 0.2) is 0 Å². The Bertz CT molecular complexity index is 553. The number of nitrogens with one attached hydrogen (secondary N) is 1. The molecule has 0 aromatic heterocycles. The van der Waals surface area contributed by atoms with Gasteiger partial charge in [0.05, 0.1) is 11.4 Å². The van der Waals surface area contributed by atoms with E-state index in [9.17, 15) is 8.42 Å². The van der Waals surface area contributed by atoms with E-state index in [0.29, 0.717) is 19.6 Å². The second-order valence-electron chi connectivity index (χ2n) is 4.98. The fourth-order valence-electron chi connectivity index (χ4n) is 2.70. The van der Waals surface area contributed by atoms with Crippen molar-refractivity contribution in [1.82, 2.24) is 4.31 Å². The lowest BCUT2D eigenvalue weighted by Crippen LogP contribution is -2.43. The van der Waals surface area contributed by atoms with Crippen LogP contribution in [-0.2, 0) is 10.2 Å². The van der Waals surface area contributed by atoms with Gasteiger partial charge >= 0.3 is 10.2 Å². The van der Waals surface area contributed by atoms with Gasteiger partial charge in [0.25, 0.3) is 0 Å². The highest BCUT2D eigenvalue weighted by Gasteiger charge is 2.33. The Morgan fingerprint density at radius 3 is 2.53 bits per heavy atom. The first-order valence-corrected chi connectivity index (χ1v) is 8.20. The Morgan fingerprint density at radius 1 is 1.00 bits per heavy atom. The molecule has 5 nitrogen and oxygen atoms in total. The van der Waals surface area contributed by atoms with Crippen molar-refractivity contribution in [3.05, 3.63) is 24.3 Å². The standard InChI is InChI=1S/C13H19N3O2S/c17-19(18,15-9-3-4-10-15)16-11-5-8-14-12-6-1-2-7-13(12)16/h1-2,6-7,14H,3-5,8-11H2. The van der Waals surface area contributed by atoms with Crippen LogP contribution < -0.4 is 9.62 Å². The number of para-hydroxylation sites is 2. The van der Waals surface area contributed by atoms with Crippen molar-refractivity contribution in [1.29, 1.82) is 0 Å². The Hall–Kier alpha value is -1.27. The fraction of sp³-hybridized carbons (Fsp3) is 0.538. The topological polar surface area (TPSA) is 52.7 Å². The van der Waals surface area contributed by atoms with Gasteiger partial charge in [-0.15, -0.1) is 0 Å². The molecule has 0 unspecified atom stereocenters.